The number of H-pyrrole nitrogens is 1. The van der Waals surface area contributed by atoms with Crippen LogP contribution in [-0.4, -0.2) is 47.8 Å². The molecule has 1 aliphatic rings. The Morgan fingerprint density at radius 3 is 2.67 bits per heavy atom. The van der Waals surface area contributed by atoms with E-state index in [2.05, 4.69) is 26.6 Å². The molecule has 1 saturated heterocycles. The number of rotatable bonds is 1. The zero-order valence-corrected chi connectivity index (χ0v) is 11.8. The Balaban J connectivity index is 2.08. The first-order chi connectivity index (χ1) is 8.65. The number of likely N-dealkylation sites (N-methyl/N-ethyl adjacent to an activating group) is 1. The molecule has 0 unspecified atom stereocenters. The van der Waals surface area contributed by atoms with Gasteiger partial charge < -0.3 is 14.9 Å². The Bertz CT molecular complexity index is 625. The molecule has 0 bridgehead atoms. The van der Waals surface area contributed by atoms with Gasteiger partial charge in [-0.05, 0) is 37.5 Å². The molecule has 0 aliphatic carbocycles. The predicted octanol–water partition coefficient (Wildman–Crippen LogP) is 2.24. The lowest BCUT2D eigenvalue weighted by Gasteiger charge is -2.34. The number of aromatic nitrogens is 2. The fourth-order valence-corrected chi connectivity index (χ4v) is 2.83. The van der Waals surface area contributed by atoms with Crippen LogP contribution in [0.1, 0.15) is 0 Å². The summed E-state index contributed by atoms with van der Waals surface area (Å²) in [6, 6.07) is 5.81. The van der Waals surface area contributed by atoms with Gasteiger partial charge in [-0.2, -0.15) is 0 Å². The maximum Gasteiger partial charge on any atom is 0.197 e. The van der Waals surface area contributed by atoms with Gasteiger partial charge in [-0.25, -0.2) is 4.68 Å². The lowest BCUT2D eigenvalue weighted by atomic mass is 10.3. The number of halogens is 1. The number of benzene rings is 1. The van der Waals surface area contributed by atoms with Gasteiger partial charge in [0, 0.05) is 31.2 Å². The first-order valence-corrected chi connectivity index (χ1v) is 6.78. The molecular formula is C12H15ClN4S. The molecule has 0 atom stereocenters. The summed E-state index contributed by atoms with van der Waals surface area (Å²) in [5, 5.41) is 3.01. The number of fused-ring (bicyclic) bond motifs is 1. The molecular weight excluding hydrogens is 268 g/mol. The van der Waals surface area contributed by atoms with E-state index in [1.54, 1.807) is 0 Å². The van der Waals surface area contributed by atoms with Crippen molar-refractivity contribution >= 4 is 34.9 Å². The van der Waals surface area contributed by atoms with Crippen LogP contribution in [0.4, 0.5) is 0 Å². The van der Waals surface area contributed by atoms with Crippen molar-refractivity contribution in [2.24, 2.45) is 0 Å². The molecule has 1 aliphatic heterocycles. The van der Waals surface area contributed by atoms with E-state index in [-0.39, 0.29) is 0 Å². The average molecular weight is 283 g/mol. The monoisotopic (exact) mass is 282 g/mol. The third-order valence-corrected chi connectivity index (χ3v) is 3.89. The van der Waals surface area contributed by atoms with Crippen molar-refractivity contribution in [3.05, 3.63) is 28.0 Å². The van der Waals surface area contributed by atoms with Crippen molar-refractivity contribution in [2.45, 2.75) is 0 Å². The highest BCUT2D eigenvalue weighted by Crippen LogP contribution is 2.20. The fraction of sp³-hybridized carbons (Fsp3) is 0.417. The summed E-state index contributed by atoms with van der Waals surface area (Å²) in [6.07, 6.45) is 0. The summed E-state index contributed by atoms with van der Waals surface area (Å²) < 4.78 is 2.81. The lowest BCUT2D eigenvalue weighted by Crippen LogP contribution is -2.49. The number of hydrogen-bond acceptors (Lipinski definition) is 3. The molecule has 6 heteroatoms. The van der Waals surface area contributed by atoms with Crippen LogP contribution < -0.4 is 5.01 Å². The third kappa shape index (κ3) is 2.02. The molecule has 1 aromatic carbocycles. The molecule has 2 heterocycles. The number of imidazole rings is 1. The minimum absolute atomic E-state index is 0.733. The topological polar surface area (TPSA) is 27.2 Å². The molecule has 0 spiro atoms. The van der Waals surface area contributed by atoms with Crippen LogP contribution in [0.3, 0.4) is 0 Å². The highest BCUT2D eigenvalue weighted by molar-refractivity contribution is 7.71. The fourth-order valence-electron chi connectivity index (χ4n) is 2.34. The van der Waals surface area contributed by atoms with Crippen LogP contribution in [0.2, 0.25) is 5.02 Å². The first-order valence-electron chi connectivity index (χ1n) is 5.99. The second-order valence-electron chi connectivity index (χ2n) is 4.66. The summed E-state index contributed by atoms with van der Waals surface area (Å²) in [7, 11) is 2.14. The van der Waals surface area contributed by atoms with Gasteiger partial charge in [-0.3, -0.25) is 0 Å². The molecule has 96 valence electrons. The summed E-state index contributed by atoms with van der Waals surface area (Å²) in [5.74, 6) is 0. The smallest absolute Gasteiger partial charge is 0.197 e. The Morgan fingerprint density at radius 2 is 1.94 bits per heavy atom. The van der Waals surface area contributed by atoms with Crippen LogP contribution in [0.5, 0.6) is 0 Å². The molecule has 0 radical (unpaired) electrons. The van der Waals surface area contributed by atoms with Crippen LogP contribution in [-0.2, 0) is 0 Å². The minimum Gasteiger partial charge on any atom is -0.329 e. The molecule has 4 nitrogen and oxygen atoms in total. The molecule has 18 heavy (non-hydrogen) atoms. The van der Waals surface area contributed by atoms with Crippen molar-refractivity contribution < 1.29 is 0 Å². The molecule has 0 amide bonds. The Labute approximate surface area is 116 Å². The van der Waals surface area contributed by atoms with Gasteiger partial charge in [-0.1, -0.05) is 11.6 Å². The first kappa shape index (κ1) is 12.0. The Kier molecular flexibility index (Phi) is 3.05. The van der Waals surface area contributed by atoms with Crippen LogP contribution in [0.25, 0.3) is 11.0 Å². The summed E-state index contributed by atoms with van der Waals surface area (Å²) >= 11 is 11.5. The second kappa shape index (κ2) is 4.57. The number of aromatic amines is 1. The van der Waals surface area contributed by atoms with E-state index < -0.39 is 0 Å². The van der Waals surface area contributed by atoms with E-state index in [4.69, 9.17) is 23.8 Å². The molecule has 0 saturated carbocycles. The summed E-state index contributed by atoms with van der Waals surface area (Å²) in [4.78, 5) is 5.55. The van der Waals surface area contributed by atoms with Gasteiger partial charge in [0.15, 0.2) is 4.77 Å². The van der Waals surface area contributed by atoms with Crippen molar-refractivity contribution in [3.63, 3.8) is 0 Å². The average Bonchev–Trinajstić information content (AvgIpc) is 2.66. The summed E-state index contributed by atoms with van der Waals surface area (Å²) in [6.45, 7) is 4.05. The van der Waals surface area contributed by atoms with Gasteiger partial charge in [0.1, 0.15) is 0 Å². The molecule has 1 fully saturated rings. The number of nitrogens with zero attached hydrogens (tertiary/aromatic N) is 3. The van der Waals surface area contributed by atoms with Crippen LogP contribution in [0, 0.1) is 4.77 Å². The largest absolute Gasteiger partial charge is 0.329 e. The normalized spacial score (nSPS) is 17.6. The van der Waals surface area contributed by atoms with Gasteiger partial charge in [0.2, 0.25) is 0 Å². The quantitative estimate of drug-likeness (QED) is 0.813. The van der Waals surface area contributed by atoms with Gasteiger partial charge in [0.05, 0.1) is 11.0 Å². The van der Waals surface area contributed by atoms with E-state index in [1.807, 2.05) is 18.2 Å². The van der Waals surface area contributed by atoms with Gasteiger partial charge >= 0.3 is 0 Å². The minimum atomic E-state index is 0.733. The molecule has 1 aromatic heterocycles. The SMILES string of the molecule is CN1CCN(n2c(=S)[nH]c3ccc(Cl)cc32)CC1. The van der Waals surface area contributed by atoms with Crippen molar-refractivity contribution in [2.75, 3.05) is 38.2 Å². The van der Waals surface area contributed by atoms with Crippen LogP contribution >= 0.6 is 23.8 Å². The number of hydrogen-bond donors (Lipinski definition) is 1. The maximum atomic E-state index is 6.07. The van der Waals surface area contributed by atoms with Crippen LogP contribution in [0.15, 0.2) is 18.2 Å². The number of piperazine rings is 1. The zero-order chi connectivity index (χ0) is 12.7. The highest BCUT2D eigenvalue weighted by Gasteiger charge is 2.17. The molecule has 1 N–H and O–H groups in total. The van der Waals surface area contributed by atoms with Crippen molar-refractivity contribution in [3.8, 4) is 0 Å². The zero-order valence-electron chi connectivity index (χ0n) is 10.2. The molecule has 2 aromatic rings. The summed E-state index contributed by atoms with van der Waals surface area (Å²) in [5.41, 5.74) is 2.08. The van der Waals surface area contributed by atoms with Gasteiger partial charge in [-0.15, -0.1) is 0 Å². The Hall–Kier alpha value is -1.04. The van der Waals surface area contributed by atoms with Crippen molar-refractivity contribution in [1.29, 1.82) is 0 Å². The van der Waals surface area contributed by atoms with E-state index in [1.165, 1.54) is 0 Å². The van der Waals surface area contributed by atoms with E-state index in [9.17, 15) is 0 Å². The van der Waals surface area contributed by atoms with E-state index in [0.717, 1.165) is 47.0 Å². The standard InChI is InChI=1S/C12H15ClN4S/c1-15-4-6-16(7-5-15)17-11-8-9(13)2-3-10(11)14-12(17)18/h2-3,8H,4-7H2,1H3,(H,14,18). The second-order valence-corrected chi connectivity index (χ2v) is 5.48. The van der Waals surface area contributed by atoms with E-state index in [0.29, 0.717) is 0 Å². The highest BCUT2D eigenvalue weighted by atomic mass is 35.5. The predicted molar refractivity (Wildman–Crippen MR) is 77.6 cm³/mol. The molecule has 3 rings (SSSR count). The third-order valence-electron chi connectivity index (χ3n) is 3.38. The Morgan fingerprint density at radius 1 is 1.22 bits per heavy atom. The van der Waals surface area contributed by atoms with E-state index >= 15 is 0 Å². The lowest BCUT2D eigenvalue weighted by molar-refractivity contribution is 0.288. The van der Waals surface area contributed by atoms with Crippen molar-refractivity contribution in [1.82, 2.24) is 14.6 Å². The van der Waals surface area contributed by atoms with Gasteiger partial charge in [0.25, 0.3) is 0 Å². The number of nitrogens with one attached hydrogen (secondary N) is 1. The maximum absolute atomic E-state index is 6.07.